The van der Waals surface area contributed by atoms with Crippen LogP contribution in [0.15, 0.2) is 36.4 Å². The number of ether oxygens (including phenoxy) is 1. The maximum absolute atomic E-state index is 5.71. The van der Waals surface area contributed by atoms with E-state index >= 15 is 0 Å². The zero-order valence-electron chi connectivity index (χ0n) is 12.1. The van der Waals surface area contributed by atoms with Gasteiger partial charge in [0.15, 0.2) is 5.82 Å². The van der Waals surface area contributed by atoms with E-state index < -0.39 is 5.60 Å². The molecular weight excluding hydrogens is 252 g/mol. The predicted octanol–water partition coefficient (Wildman–Crippen LogP) is 2.70. The highest BCUT2D eigenvalue weighted by atomic mass is 16.5. The highest BCUT2D eigenvalue weighted by Crippen LogP contribution is 2.26. The van der Waals surface area contributed by atoms with Crippen LogP contribution in [0.2, 0.25) is 0 Å². The fourth-order valence-corrected chi connectivity index (χ4v) is 1.97. The van der Waals surface area contributed by atoms with E-state index in [4.69, 9.17) is 10.6 Å². The second kappa shape index (κ2) is 5.98. The van der Waals surface area contributed by atoms with E-state index in [2.05, 4.69) is 15.4 Å². The summed E-state index contributed by atoms with van der Waals surface area (Å²) in [4.78, 5) is 9.01. The van der Waals surface area contributed by atoms with Gasteiger partial charge in [0, 0.05) is 18.2 Å². The fraction of sp³-hybridized carbons (Fsp3) is 0.333. The molecule has 1 aromatic heterocycles. The van der Waals surface area contributed by atoms with Crippen LogP contribution < -0.4 is 11.3 Å². The normalized spacial score (nSPS) is 11.4. The van der Waals surface area contributed by atoms with E-state index in [-0.39, 0.29) is 0 Å². The molecular formula is C15H20N4O. The number of hydrogen-bond acceptors (Lipinski definition) is 5. The fourth-order valence-electron chi connectivity index (χ4n) is 1.97. The van der Waals surface area contributed by atoms with Gasteiger partial charge in [-0.2, -0.15) is 0 Å². The summed E-state index contributed by atoms with van der Waals surface area (Å²) < 4.78 is 5.71. The Bertz CT molecular complexity index is 569. The van der Waals surface area contributed by atoms with E-state index in [9.17, 15) is 0 Å². The lowest BCUT2D eigenvalue weighted by atomic mass is 10.1. The standard InChI is InChI=1S/C15H20N4O/c1-4-20-15(2,3)14-17-12(10-13(18-14)19-16)11-8-6-5-7-9-11/h5-10H,4,16H2,1-3H3,(H,17,18,19). The molecule has 0 atom stereocenters. The Morgan fingerprint density at radius 3 is 2.50 bits per heavy atom. The molecule has 0 aliphatic heterocycles. The van der Waals surface area contributed by atoms with Crippen molar-refractivity contribution in [2.45, 2.75) is 26.4 Å². The van der Waals surface area contributed by atoms with E-state index in [1.807, 2.05) is 57.2 Å². The van der Waals surface area contributed by atoms with Crippen LogP contribution in [-0.4, -0.2) is 16.6 Å². The Morgan fingerprint density at radius 1 is 1.20 bits per heavy atom. The number of nitrogen functional groups attached to an aromatic ring is 1. The maximum atomic E-state index is 5.71. The topological polar surface area (TPSA) is 73.1 Å². The lowest BCUT2D eigenvalue weighted by molar-refractivity contribution is -0.0206. The van der Waals surface area contributed by atoms with Crippen LogP contribution in [0.3, 0.4) is 0 Å². The summed E-state index contributed by atoms with van der Waals surface area (Å²) in [5.74, 6) is 6.68. The minimum Gasteiger partial charge on any atom is -0.368 e. The molecule has 5 heteroatoms. The van der Waals surface area contributed by atoms with E-state index in [0.717, 1.165) is 11.3 Å². The molecule has 0 fully saturated rings. The van der Waals surface area contributed by atoms with Crippen LogP contribution in [-0.2, 0) is 10.3 Å². The molecule has 0 spiro atoms. The number of rotatable bonds is 5. The van der Waals surface area contributed by atoms with Gasteiger partial charge in [-0.25, -0.2) is 15.8 Å². The molecule has 0 amide bonds. The molecule has 0 unspecified atom stereocenters. The van der Waals surface area contributed by atoms with Crippen LogP contribution >= 0.6 is 0 Å². The van der Waals surface area contributed by atoms with Crippen molar-refractivity contribution in [2.24, 2.45) is 5.84 Å². The molecule has 5 nitrogen and oxygen atoms in total. The van der Waals surface area contributed by atoms with E-state index in [0.29, 0.717) is 18.2 Å². The highest BCUT2D eigenvalue weighted by molar-refractivity contribution is 5.62. The smallest absolute Gasteiger partial charge is 0.162 e. The first-order valence-corrected chi connectivity index (χ1v) is 6.62. The third-order valence-electron chi connectivity index (χ3n) is 2.99. The van der Waals surface area contributed by atoms with Gasteiger partial charge in [0.05, 0.1) is 5.69 Å². The second-order valence-electron chi connectivity index (χ2n) is 4.92. The Kier molecular flexibility index (Phi) is 4.32. The second-order valence-corrected chi connectivity index (χ2v) is 4.92. The first-order chi connectivity index (χ1) is 9.56. The summed E-state index contributed by atoms with van der Waals surface area (Å²) in [5, 5.41) is 0. The van der Waals surface area contributed by atoms with Crippen molar-refractivity contribution in [3.05, 3.63) is 42.2 Å². The minimum absolute atomic E-state index is 0.564. The average molecular weight is 272 g/mol. The predicted molar refractivity (Wildman–Crippen MR) is 79.9 cm³/mol. The molecule has 0 bridgehead atoms. The molecule has 0 aliphatic rings. The molecule has 20 heavy (non-hydrogen) atoms. The van der Waals surface area contributed by atoms with Crippen molar-refractivity contribution in [3.8, 4) is 11.3 Å². The van der Waals surface area contributed by atoms with Crippen molar-refractivity contribution >= 4 is 5.82 Å². The van der Waals surface area contributed by atoms with Crippen LogP contribution in [0.4, 0.5) is 5.82 Å². The first-order valence-electron chi connectivity index (χ1n) is 6.62. The zero-order chi connectivity index (χ0) is 14.6. The molecule has 0 saturated carbocycles. The zero-order valence-corrected chi connectivity index (χ0v) is 12.1. The quantitative estimate of drug-likeness (QED) is 0.646. The molecule has 2 aromatic rings. The van der Waals surface area contributed by atoms with E-state index in [1.54, 1.807) is 0 Å². The number of benzene rings is 1. The van der Waals surface area contributed by atoms with Crippen LogP contribution in [0.5, 0.6) is 0 Å². The summed E-state index contributed by atoms with van der Waals surface area (Å²) in [6.07, 6.45) is 0. The van der Waals surface area contributed by atoms with Crippen molar-refractivity contribution in [1.29, 1.82) is 0 Å². The van der Waals surface area contributed by atoms with Crippen LogP contribution in [0.25, 0.3) is 11.3 Å². The van der Waals surface area contributed by atoms with E-state index in [1.165, 1.54) is 0 Å². The van der Waals surface area contributed by atoms with Gasteiger partial charge in [-0.1, -0.05) is 30.3 Å². The SMILES string of the molecule is CCOC(C)(C)c1nc(NN)cc(-c2ccccc2)n1. The average Bonchev–Trinajstić information content (AvgIpc) is 2.47. The molecule has 1 aromatic carbocycles. The highest BCUT2D eigenvalue weighted by Gasteiger charge is 2.25. The van der Waals surface area contributed by atoms with Crippen molar-refractivity contribution in [3.63, 3.8) is 0 Å². The molecule has 106 valence electrons. The third-order valence-corrected chi connectivity index (χ3v) is 2.99. The summed E-state index contributed by atoms with van der Waals surface area (Å²) >= 11 is 0. The third kappa shape index (κ3) is 3.12. The molecule has 0 radical (unpaired) electrons. The Labute approximate surface area is 119 Å². The van der Waals surface area contributed by atoms with Gasteiger partial charge in [-0.3, -0.25) is 0 Å². The maximum Gasteiger partial charge on any atom is 0.162 e. The van der Waals surface area contributed by atoms with Crippen molar-refractivity contribution in [1.82, 2.24) is 9.97 Å². The monoisotopic (exact) mass is 272 g/mol. The number of hydrazine groups is 1. The summed E-state index contributed by atoms with van der Waals surface area (Å²) in [5.41, 5.74) is 3.85. The minimum atomic E-state index is -0.564. The molecule has 0 aliphatic carbocycles. The van der Waals surface area contributed by atoms with Gasteiger partial charge in [-0.05, 0) is 20.8 Å². The summed E-state index contributed by atoms with van der Waals surface area (Å²) in [7, 11) is 0. The Hall–Kier alpha value is -1.98. The van der Waals surface area contributed by atoms with Crippen LogP contribution in [0, 0.1) is 0 Å². The number of nitrogens with one attached hydrogen (secondary N) is 1. The number of aromatic nitrogens is 2. The number of anilines is 1. The molecule has 3 N–H and O–H groups in total. The molecule has 1 heterocycles. The Balaban J connectivity index is 2.50. The van der Waals surface area contributed by atoms with Crippen molar-refractivity contribution in [2.75, 3.05) is 12.0 Å². The first kappa shape index (κ1) is 14.4. The number of nitrogens with zero attached hydrogens (tertiary/aromatic N) is 2. The van der Waals surface area contributed by atoms with Gasteiger partial charge in [0.1, 0.15) is 11.4 Å². The molecule has 2 rings (SSSR count). The molecule has 0 saturated heterocycles. The van der Waals surface area contributed by atoms with Gasteiger partial charge < -0.3 is 10.2 Å². The number of hydrogen-bond donors (Lipinski definition) is 2. The van der Waals surface area contributed by atoms with Crippen molar-refractivity contribution < 1.29 is 4.74 Å². The largest absolute Gasteiger partial charge is 0.368 e. The number of nitrogens with two attached hydrogens (primary N) is 1. The lowest BCUT2D eigenvalue weighted by Crippen LogP contribution is -2.26. The summed E-state index contributed by atoms with van der Waals surface area (Å²) in [6.45, 7) is 6.43. The van der Waals surface area contributed by atoms with Gasteiger partial charge in [-0.15, -0.1) is 0 Å². The lowest BCUT2D eigenvalue weighted by Gasteiger charge is -2.23. The Morgan fingerprint density at radius 2 is 1.90 bits per heavy atom. The van der Waals surface area contributed by atoms with Gasteiger partial charge >= 0.3 is 0 Å². The van der Waals surface area contributed by atoms with Crippen LogP contribution in [0.1, 0.15) is 26.6 Å². The summed E-state index contributed by atoms with van der Waals surface area (Å²) in [6, 6.07) is 11.7. The van der Waals surface area contributed by atoms with Gasteiger partial charge in [0.25, 0.3) is 0 Å². The van der Waals surface area contributed by atoms with Gasteiger partial charge in [0.2, 0.25) is 0 Å².